The standard InChI is InChI=1S/C26H23BrN2O6S/c1-4-33-25(31)22-14(2)28-26-29(23(22)16-6-8-18(32-3)17(27)13-16)24(30)21(36-26)12-15-5-7-19-20(11-15)35-10-9-34-19/h5-8,11-13,23H,4,9-10H2,1-3H3/b21-12+/t23-/m1/s1. The molecule has 1 aromatic heterocycles. The molecule has 0 bridgehead atoms. The molecule has 0 radical (unpaired) electrons. The van der Waals surface area contributed by atoms with E-state index in [0.717, 1.165) is 11.1 Å². The Labute approximate surface area is 219 Å². The fraction of sp³-hybridized carbons (Fsp3) is 0.269. The van der Waals surface area contributed by atoms with E-state index in [1.807, 2.05) is 30.3 Å². The van der Waals surface area contributed by atoms with Crippen molar-refractivity contribution in [3.8, 4) is 17.2 Å². The van der Waals surface area contributed by atoms with Gasteiger partial charge in [-0.25, -0.2) is 9.79 Å². The number of nitrogens with zero attached hydrogens (tertiary/aromatic N) is 2. The number of halogens is 1. The molecule has 0 unspecified atom stereocenters. The Balaban J connectivity index is 1.68. The van der Waals surface area contributed by atoms with Crippen LogP contribution in [0.2, 0.25) is 0 Å². The van der Waals surface area contributed by atoms with Crippen molar-refractivity contribution in [2.24, 2.45) is 4.99 Å². The second-order valence-corrected chi connectivity index (χ2v) is 9.96. The molecule has 3 aromatic rings. The van der Waals surface area contributed by atoms with E-state index < -0.39 is 12.0 Å². The Hall–Kier alpha value is -3.37. The molecule has 0 aliphatic carbocycles. The Morgan fingerprint density at radius 2 is 2.00 bits per heavy atom. The van der Waals surface area contributed by atoms with Crippen molar-refractivity contribution in [1.29, 1.82) is 0 Å². The lowest BCUT2D eigenvalue weighted by atomic mass is 9.96. The third kappa shape index (κ3) is 4.35. The number of methoxy groups -OCH3 is 1. The summed E-state index contributed by atoms with van der Waals surface area (Å²) >= 11 is 4.79. The van der Waals surface area contributed by atoms with Gasteiger partial charge in [-0.3, -0.25) is 9.36 Å². The summed E-state index contributed by atoms with van der Waals surface area (Å²) in [6, 6.07) is 10.3. The van der Waals surface area contributed by atoms with Gasteiger partial charge >= 0.3 is 5.97 Å². The van der Waals surface area contributed by atoms with E-state index >= 15 is 0 Å². The molecular weight excluding hydrogens is 548 g/mol. The van der Waals surface area contributed by atoms with E-state index in [1.165, 1.54) is 11.3 Å². The highest BCUT2D eigenvalue weighted by atomic mass is 79.9. The van der Waals surface area contributed by atoms with E-state index in [9.17, 15) is 9.59 Å². The van der Waals surface area contributed by atoms with Crippen LogP contribution >= 0.6 is 27.3 Å². The number of rotatable bonds is 5. The summed E-state index contributed by atoms with van der Waals surface area (Å²) in [5.74, 6) is 1.46. The van der Waals surface area contributed by atoms with Crippen molar-refractivity contribution in [3.05, 3.63) is 83.0 Å². The molecule has 2 aromatic carbocycles. The van der Waals surface area contributed by atoms with Gasteiger partial charge in [-0.15, -0.1) is 0 Å². The first-order valence-electron chi connectivity index (χ1n) is 11.3. The van der Waals surface area contributed by atoms with Crippen molar-refractivity contribution in [1.82, 2.24) is 4.57 Å². The Morgan fingerprint density at radius 1 is 1.22 bits per heavy atom. The van der Waals surface area contributed by atoms with E-state index in [-0.39, 0.29) is 12.2 Å². The third-order valence-corrected chi connectivity index (χ3v) is 7.48. The zero-order valence-electron chi connectivity index (χ0n) is 19.9. The van der Waals surface area contributed by atoms with Crippen molar-refractivity contribution < 1.29 is 23.7 Å². The SMILES string of the molecule is CCOC(=O)C1=C(C)N=c2s/c(=C/c3ccc4c(c3)OCCO4)c(=O)n2[C@@H]1c1ccc(OC)c(Br)c1. The van der Waals surface area contributed by atoms with Gasteiger partial charge in [0.05, 0.1) is 40.0 Å². The molecule has 0 saturated heterocycles. The van der Waals surface area contributed by atoms with Gasteiger partial charge < -0.3 is 18.9 Å². The van der Waals surface area contributed by atoms with Crippen LogP contribution in [0.3, 0.4) is 0 Å². The second kappa shape index (κ2) is 9.94. The highest BCUT2D eigenvalue weighted by Gasteiger charge is 2.33. The normalized spacial score (nSPS) is 16.9. The number of carbonyl (C=O) groups is 1. The van der Waals surface area contributed by atoms with Gasteiger partial charge in [-0.05, 0) is 71.2 Å². The van der Waals surface area contributed by atoms with Crippen LogP contribution in [0.4, 0.5) is 0 Å². The number of allylic oxidation sites excluding steroid dienone is 1. The molecule has 0 amide bonds. The van der Waals surface area contributed by atoms with Gasteiger partial charge in [0.15, 0.2) is 16.3 Å². The van der Waals surface area contributed by atoms with Crippen LogP contribution in [-0.4, -0.2) is 37.5 Å². The highest BCUT2D eigenvalue weighted by molar-refractivity contribution is 9.10. The predicted octanol–water partition coefficient (Wildman–Crippen LogP) is 3.34. The maximum absolute atomic E-state index is 13.7. The van der Waals surface area contributed by atoms with Gasteiger partial charge in [0, 0.05) is 0 Å². The van der Waals surface area contributed by atoms with Gasteiger partial charge in [0.25, 0.3) is 5.56 Å². The lowest BCUT2D eigenvalue weighted by Crippen LogP contribution is -2.40. The molecule has 8 nitrogen and oxygen atoms in total. The summed E-state index contributed by atoms with van der Waals surface area (Å²) < 4.78 is 24.7. The number of fused-ring (bicyclic) bond motifs is 2. The summed E-state index contributed by atoms with van der Waals surface area (Å²) in [7, 11) is 1.58. The minimum Gasteiger partial charge on any atom is -0.496 e. The molecule has 2 aliphatic rings. The highest BCUT2D eigenvalue weighted by Crippen LogP contribution is 2.35. The fourth-order valence-corrected chi connectivity index (χ4v) is 5.87. The van der Waals surface area contributed by atoms with Crippen molar-refractivity contribution in [2.45, 2.75) is 19.9 Å². The molecular formula is C26H23BrN2O6S. The lowest BCUT2D eigenvalue weighted by Gasteiger charge is -2.25. The molecule has 5 rings (SSSR count). The Kier molecular flexibility index (Phi) is 6.72. The van der Waals surface area contributed by atoms with Crippen LogP contribution < -0.4 is 29.1 Å². The van der Waals surface area contributed by atoms with Crippen molar-refractivity contribution >= 4 is 39.3 Å². The van der Waals surface area contributed by atoms with Crippen molar-refractivity contribution in [3.63, 3.8) is 0 Å². The number of thiazole rings is 1. The summed E-state index contributed by atoms with van der Waals surface area (Å²) in [6.07, 6.45) is 1.80. The van der Waals surface area contributed by atoms with Crippen LogP contribution in [0.15, 0.2) is 61.9 Å². The summed E-state index contributed by atoms with van der Waals surface area (Å²) in [5.41, 5.74) is 2.12. The van der Waals surface area contributed by atoms with E-state index in [4.69, 9.17) is 18.9 Å². The quantitative estimate of drug-likeness (QED) is 0.437. The van der Waals surface area contributed by atoms with E-state index in [0.29, 0.717) is 55.5 Å². The first kappa shape index (κ1) is 24.3. The van der Waals surface area contributed by atoms with E-state index in [1.54, 1.807) is 37.7 Å². The first-order chi connectivity index (χ1) is 17.4. The van der Waals surface area contributed by atoms with Crippen LogP contribution in [0, 0.1) is 0 Å². The largest absolute Gasteiger partial charge is 0.496 e. The Bertz CT molecular complexity index is 1570. The number of hydrogen-bond donors (Lipinski definition) is 0. The monoisotopic (exact) mass is 570 g/mol. The van der Waals surface area contributed by atoms with Gasteiger partial charge in [-0.2, -0.15) is 0 Å². The summed E-state index contributed by atoms with van der Waals surface area (Å²) in [4.78, 5) is 31.9. The van der Waals surface area contributed by atoms with Gasteiger partial charge in [-0.1, -0.05) is 23.5 Å². The zero-order chi connectivity index (χ0) is 25.4. The maximum Gasteiger partial charge on any atom is 0.338 e. The van der Waals surface area contributed by atoms with Crippen LogP contribution in [0.1, 0.15) is 31.0 Å². The van der Waals surface area contributed by atoms with Crippen LogP contribution in [0.5, 0.6) is 17.2 Å². The first-order valence-corrected chi connectivity index (χ1v) is 12.9. The average Bonchev–Trinajstić information content (AvgIpc) is 3.17. The fourth-order valence-electron chi connectivity index (χ4n) is 4.26. The molecule has 10 heteroatoms. The summed E-state index contributed by atoms with van der Waals surface area (Å²) in [6.45, 7) is 4.70. The molecule has 36 heavy (non-hydrogen) atoms. The average molecular weight is 571 g/mol. The lowest BCUT2D eigenvalue weighted by molar-refractivity contribution is -0.139. The maximum atomic E-state index is 13.7. The van der Waals surface area contributed by atoms with Gasteiger partial charge in [0.1, 0.15) is 19.0 Å². The topological polar surface area (TPSA) is 88.4 Å². The molecule has 0 fully saturated rings. The second-order valence-electron chi connectivity index (χ2n) is 8.10. The predicted molar refractivity (Wildman–Crippen MR) is 139 cm³/mol. The number of carbonyl (C=O) groups excluding carboxylic acids is 1. The number of esters is 1. The molecule has 0 saturated carbocycles. The Morgan fingerprint density at radius 3 is 2.72 bits per heavy atom. The van der Waals surface area contributed by atoms with E-state index in [2.05, 4.69) is 20.9 Å². The van der Waals surface area contributed by atoms with Crippen LogP contribution in [-0.2, 0) is 9.53 Å². The number of ether oxygens (including phenoxy) is 4. The molecule has 3 heterocycles. The zero-order valence-corrected chi connectivity index (χ0v) is 22.3. The van der Waals surface area contributed by atoms with Crippen molar-refractivity contribution in [2.75, 3.05) is 26.9 Å². The number of aromatic nitrogens is 1. The molecule has 1 atom stereocenters. The third-order valence-electron chi connectivity index (χ3n) is 5.87. The molecule has 186 valence electrons. The smallest absolute Gasteiger partial charge is 0.338 e. The van der Waals surface area contributed by atoms with Crippen LogP contribution in [0.25, 0.3) is 6.08 Å². The number of benzene rings is 2. The van der Waals surface area contributed by atoms with Gasteiger partial charge in [0.2, 0.25) is 0 Å². The summed E-state index contributed by atoms with van der Waals surface area (Å²) in [5, 5.41) is 0. The molecule has 2 aliphatic heterocycles. The minimum atomic E-state index is -0.704. The molecule has 0 N–H and O–H groups in total. The molecule has 0 spiro atoms. The number of hydrogen-bond acceptors (Lipinski definition) is 8. The minimum absolute atomic E-state index is 0.211.